The van der Waals surface area contributed by atoms with E-state index in [0.29, 0.717) is 30.1 Å². The number of nitrogens with zero attached hydrogens (tertiary/aromatic N) is 5. The third kappa shape index (κ3) is 5.03. The van der Waals surface area contributed by atoms with E-state index in [4.69, 9.17) is 4.52 Å². The number of benzene rings is 1. The van der Waals surface area contributed by atoms with Gasteiger partial charge in [-0.15, -0.1) is 0 Å². The zero-order valence-electron chi connectivity index (χ0n) is 20.9. The van der Waals surface area contributed by atoms with E-state index < -0.39 is 26.8 Å². The van der Waals surface area contributed by atoms with Crippen molar-refractivity contribution in [2.75, 3.05) is 39.8 Å². The van der Waals surface area contributed by atoms with Crippen LogP contribution in [-0.2, 0) is 23.1 Å². The van der Waals surface area contributed by atoms with Crippen LogP contribution in [0.1, 0.15) is 31.2 Å². The van der Waals surface area contributed by atoms with Crippen LogP contribution in [0, 0.1) is 6.92 Å². The topological polar surface area (TPSA) is 123 Å². The summed E-state index contributed by atoms with van der Waals surface area (Å²) in [5.41, 5.74) is -0.410. The number of aryl methyl sites for hydroxylation is 1. The predicted octanol–water partition coefficient (Wildman–Crippen LogP) is 0.586. The minimum Gasteiger partial charge on any atom is -0.359 e. The molecule has 0 amide bonds. The van der Waals surface area contributed by atoms with Crippen molar-refractivity contribution in [3.05, 3.63) is 56.6 Å². The van der Waals surface area contributed by atoms with Crippen molar-refractivity contribution in [2.24, 2.45) is 0 Å². The molecule has 1 saturated carbocycles. The fourth-order valence-electron chi connectivity index (χ4n) is 4.56. The van der Waals surface area contributed by atoms with Gasteiger partial charge in [-0.05, 0) is 51.9 Å². The summed E-state index contributed by atoms with van der Waals surface area (Å²) >= 11 is 0. The van der Waals surface area contributed by atoms with Crippen molar-refractivity contribution in [3.63, 3.8) is 0 Å². The zero-order chi connectivity index (χ0) is 25.7. The lowest BCUT2D eigenvalue weighted by Gasteiger charge is -2.32. The van der Waals surface area contributed by atoms with E-state index in [1.807, 2.05) is 6.92 Å². The van der Waals surface area contributed by atoms with Crippen LogP contribution in [-0.4, -0.2) is 77.8 Å². The van der Waals surface area contributed by atoms with Gasteiger partial charge >= 0.3 is 5.69 Å². The summed E-state index contributed by atoms with van der Waals surface area (Å²) in [4.78, 5) is 31.6. The number of aromatic nitrogens is 3. The molecule has 1 saturated heterocycles. The number of fused-ring (bicyclic) bond motifs is 1. The van der Waals surface area contributed by atoms with Gasteiger partial charge in [0.2, 0.25) is 10.0 Å². The van der Waals surface area contributed by atoms with Gasteiger partial charge < -0.3 is 9.42 Å². The van der Waals surface area contributed by atoms with Crippen molar-refractivity contribution >= 4 is 20.9 Å². The van der Waals surface area contributed by atoms with Crippen molar-refractivity contribution in [2.45, 2.75) is 50.2 Å². The minimum absolute atomic E-state index is 0.00607. The molecular formula is C24H32N6O5S. The molecule has 3 heterocycles. The molecule has 36 heavy (non-hydrogen) atoms. The number of nitrogens with one attached hydrogen (secondary N) is 1. The Morgan fingerprint density at radius 2 is 1.78 bits per heavy atom. The van der Waals surface area contributed by atoms with Crippen LogP contribution in [0.5, 0.6) is 0 Å². The van der Waals surface area contributed by atoms with Gasteiger partial charge in [-0.3, -0.25) is 18.8 Å². The third-order valence-corrected chi connectivity index (χ3v) is 8.75. The summed E-state index contributed by atoms with van der Waals surface area (Å²) in [7, 11) is -1.73. The summed E-state index contributed by atoms with van der Waals surface area (Å²) in [6.45, 7) is 8.24. The van der Waals surface area contributed by atoms with Crippen LogP contribution in [0.25, 0.3) is 10.9 Å². The molecule has 5 rings (SSSR count). The maximum Gasteiger partial charge on any atom is 0.331 e. The van der Waals surface area contributed by atoms with E-state index in [1.54, 1.807) is 23.6 Å². The molecule has 0 spiro atoms. The number of sulfonamides is 1. The number of likely N-dealkylation sites (N-methyl/N-ethyl adjacent to an activating group) is 1. The second kappa shape index (κ2) is 9.25. The molecule has 0 atom stereocenters. The standard InChI is InChI=1S/C24H32N6O5S/c1-17-14-18(35-25-17)16-30-22(31)20-15-19(36(33,34)26-24(2)6-7-24)4-5-21(20)29(23(30)32)13-12-28-10-8-27(3)9-11-28/h4-5,14-15,26H,6-13,16H2,1-3H3. The first-order valence-corrected chi connectivity index (χ1v) is 13.7. The highest BCUT2D eigenvalue weighted by Crippen LogP contribution is 2.36. The molecular weight excluding hydrogens is 484 g/mol. The van der Waals surface area contributed by atoms with Gasteiger partial charge in [-0.25, -0.2) is 17.9 Å². The van der Waals surface area contributed by atoms with E-state index >= 15 is 0 Å². The maximum atomic E-state index is 13.5. The lowest BCUT2D eigenvalue weighted by atomic mass is 10.2. The quantitative estimate of drug-likeness (QED) is 0.462. The van der Waals surface area contributed by atoms with Crippen molar-refractivity contribution < 1.29 is 12.9 Å². The summed E-state index contributed by atoms with van der Waals surface area (Å²) < 4.78 is 36.7. The lowest BCUT2D eigenvalue weighted by Crippen LogP contribution is -2.47. The van der Waals surface area contributed by atoms with Crippen LogP contribution in [0.4, 0.5) is 0 Å². The molecule has 0 unspecified atom stereocenters. The molecule has 1 aliphatic heterocycles. The van der Waals surface area contributed by atoms with Gasteiger partial charge in [-0.1, -0.05) is 5.16 Å². The van der Waals surface area contributed by atoms with Crippen LogP contribution < -0.4 is 16.0 Å². The smallest absolute Gasteiger partial charge is 0.331 e. The van der Waals surface area contributed by atoms with Crippen molar-refractivity contribution in [1.82, 2.24) is 28.8 Å². The van der Waals surface area contributed by atoms with Crippen molar-refractivity contribution in [3.8, 4) is 0 Å². The Balaban J connectivity index is 1.57. The largest absolute Gasteiger partial charge is 0.359 e. The molecule has 194 valence electrons. The van der Waals surface area contributed by atoms with E-state index in [9.17, 15) is 18.0 Å². The predicted molar refractivity (Wildman–Crippen MR) is 135 cm³/mol. The lowest BCUT2D eigenvalue weighted by molar-refractivity contribution is 0.150. The van der Waals surface area contributed by atoms with E-state index in [1.165, 1.54) is 12.1 Å². The molecule has 0 bridgehead atoms. The van der Waals surface area contributed by atoms with Crippen molar-refractivity contribution in [1.29, 1.82) is 0 Å². The highest BCUT2D eigenvalue weighted by Gasteiger charge is 2.41. The average Bonchev–Trinajstić information content (AvgIpc) is 3.40. The Hall–Kier alpha value is -2.80. The Morgan fingerprint density at radius 1 is 1.06 bits per heavy atom. The molecule has 2 fully saturated rings. The maximum absolute atomic E-state index is 13.5. The monoisotopic (exact) mass is 516 g/mol. The Morgan fingerprint density at radius 3 is 2.42 bits per heavy atom. The van der Waals surface area contributed by atoms with Gasteiger partial charge in [0.1, 0.15) is 0 Å². The first-order chi connectivity index (χ1) is 17.0. The molecule has 1 N–H and O–H groups in total. The number of rotatable bonds is 8. The van der Waals surface area contributed by atoms with E-state index in [-0.39, 0.29) is 16.8 Å². The molecule has 0 radical (unpaired) electrons. The van der Waals surface area contributed by atoms with Crippen LogP contribution >= 0.6 is 0 Å². The Labute approximate surface area is 209 Å². The normalized spacial score (nSPS) is 18.6. The summed E-state index contributed by atoms with van der Waals surface area (Å²) in [5, 5.41) is 4.02. The summed E-state index contributed by atoms with van der Waals surface area (Å²) in [6, 6.07) is 6.08. The van der Waals surface area contributed by atoms with E-state index in [0.717, 1.165) is 43.6 Å². The molecule has 2 aliphatic rings. The Bertz CT molecular complexity index is 1510. The fourth-order valence-corrected chi connectivity index (χ4v) is 6.05. The third-order valence-electron chi connectivity index (χ3n) is 7.11. The van der Waals surface area contributed by atoms with Gasteiger partial charge in [0, 0.05) is 50.9 Å². The molecule has 2 aromatic heterocycles. The first-order valence-electron chi connectivity index (χ1n) is 12.2. The molecule has 3 aromatic rings. The number of hydrogen-bond acceptors (Lipinski definition) is 8. The first kappa shape index (κ1) is 24.9. The fraction of sp³-hybridized carbons (Fsp3) is 0.542. The molecule has 1 aromatic carbocycles. The van der Waals surface area contributed by atoms with Gasteiger partial charge in [-0.2, -0.15) is 0 Å². The SMILES string of the molecule is Cc1cc(Cn2c(=O)c3cc(S(=O)(=O)NC4(C)CC4)ccc3n(CCN3CCN(C)CC3)c2=O)on1. The summed E-state index contributed by atoms with van der Waals surface area (Å²) in [5.74, 6) is 0.378. The van der Waals surface area contributed by atoms with Gasteiger partial charge in [0.25, 0.3) is 5.56 Å². The van der Waals surface area contributed by atoms with Crippen LogP contribution in [0.2, 0.25) is 0 Å². The van der Waals surface area contributed by atoms with Gasteiger partial charge in [0.15, 0.2) is 5.76 Å². The highest BCUT2D eigenvalue weighted by atomic mass is 32.2. The molecule has 11 nitrogen and oxygen atoms in total. The molecule has 12 heteroatoms. The number of piperazine rings is 1. The second-order valence-electron chi connectivity index (χ2n) is 10.3. The average molecular weight is 517 g/mol. The zero-order valence-corrected chi connectivity index (χ0v) is 21.7. The van der Waals surface area contributed by atoms with Gasteiger partial charge in [0.05, 0.1) is 28.0 Å². The number of hydrogen-bond donors (Lipinski definition) is 1. The summed E-state index contributed by atoms with van der Waals surface area (Å²) in [6.07, 6.45) is 1.55. The minimum atomic E-state index is -3.82. The van der Waals surface area contributed by atoms with Crippen LogP contribution in [0.3, 0.4) is 0 Å². The highest BCUT2D eigenvalue weighted by molar-refractivity contribution is 7.89. The second-order valence-corrected chi connectivity index (χ2v) is 11.9. The Kier molecular flexibility index (Phi) is 6.39. The molecule has 1 aliphatic carbocycles. The van der Waals surface area contributed by atoms with E-state index in [2.05, 4.69) is 26.7 Å². The van der Waals surface area contributed by atoms with Crippen LogP contribution in [0.15, 0.2) is 43.3 Å².